The van der Waals surface area contributed by atoms with Gasteiger partial charge >= 0.3 is 0 Å². The first-order valence-corrected chi connectivity index (χ1v) is 9.37. The Morgan fingerprint density at radius 1 is 1.32 bits per heavy atom. The van der Waals surface area contributed by atoms with Crippen LogP contribution in [0, 0.1) is 13.8 Å². The van der Waals surface area contributed by atoms with Gasteiger partial charge in [-0.1, -0.05) is 0 Å². The lowest BCUT2D eigenvalue weighted by molar-refractivity contribution is -0.124. The molecule has 2 heterocycles. The number of aryl methyl sites for hydroxylation is 2. The number of nitrogens with two attached hydrogens (primary N) is 2. The Labute approximate surface area is 165 Å². The monoisotopic (exact) mass is 403 g/mol. The number of rotatable bonds is 7. The number of benzene rings is 1. The summed E-state index contributed by atoms with van der Waals surface area (Å²) < 4.78 is 11.6. The number of ether oxygens (including phenoxy) is 1. The molecule has 5 N–H and O–H groups in total. The number of hydrogen-bond donors (Lipinski definition) is 3. The summed E-state index contributed by atoms with van der Waals surface area (Å²) in [5, 5.41) is 10.3. The second kappa shape index (κ2) is 7.25. The van der Waals surface area contributed by atoms with Crippen LogP contribution in [0.15, 0.2) is 22.1 Å². The molecule has 0 spiro atoms. The van der Waals surface area contributed by atoms with Gasteiger partial charge in [0.25, 0.3) is 5.91 Å². The highest BCUT2D eigenvalue weighted by Crippen LogP contribution is 2.41. The van der Waals surface area contributed by atoms with Gasteiger partial charge in [0.15, 0.2) is 0 Å². The van der Waals surface area contributed by atoms with Crippen LogP contribution in [0.5, 0.6) is 5.75 Å². The number of hydrogen-bond acceptors (Lipinski definition) is 7. The van der Waals surface area contributed by atoms with Crippen molar-refractivity contribution < 1.29 is 23.8 Å². The van der Waals surface area contributed by atoms with Crippen LogP contribution in [-0.2, 0) is 16.8 Å². The van der Waals surface area contributed by atoms with E-state index in [9.17, 15) is 14.7 Å². The molecule has 2 amide bonds. The molecule has 3 aromatic rings. The minimum atomic E-state index is -1.52. The van der Waals surface area contributed by atoms with E-state index in [2.05, 4.69) is 4.98 Å². The summed E-state index contributed by atoms with van der Waals surface area (Å²) >= 11 is 1.44. The Morgan fingerprint density at radius 2 is 2.04 bits per heavy atom. The third-order valence-electron chi connectivity index (χ3n) is 4.86. The van der Waals surface area contributed by atoms with Gasteiger partial charge in [-0.05, 0) is 32.9 Å². The van der Waals surface area contributed by atoms with E-state index in [0.717, 1.165) is 10.6 Å². The Morgan fingerprint density at radius 3 is 2.57 bits per heavy atom. The molecule has 0 aliphatic carbocycles. The number of thiazole rings is 1. The molecule has 0 saturated heterocycles. The molecule has 1 atom stereocenters. The molecule has 0 saturated carbocycles. The van der Waals surface area contributed by atoms with Crippen LogP contribution in [0.2, 0.25) is 0 Å². The Bertz CT molecular complexity index is 1070. The molecule has 3 rings (SSSR count). The molecule has 0 fully saturated rings. The molecule has 148 valence electrons. The van der Waals surface area contributed by atoms with Crippen LogP contribution in [-0.4, -0.2) is 28.5 Å². The summed E-state index contributed by atoms with van der Waals surface area (Å²) in [6.07, 6.45) is 0. The number of aliphatic hydroxyl groups is 1. The predicted octanol–water partition coefficient (Wildman–Crippen LogP) is 1.92. The smallest absolute Gasteiger partial charge is 0.252 e. The van der Waals surface area contributed by atoms with E-state index in [4.69, 9.17) is 20.6 Å². The Balaban J connectivity index is 2.27. The largest absolute Gasteiger partial charge is 0.488 e. The van der Waals surface area contributed by atoms with Gasteiger partial charge in [0, 0.05) is 10.9 Å². The van der Waals surface area contributed by atoms with Crippen molar-refractivity contribution in [1.29, 1.82) is 0 Å². The molecule has 0 radical (unpaired) electrons. The number of aliphatic hydroxyl groups excluding tert-OH is 1. The van der Waals surface area contributed by atoms with Crippen molar-refractivity contribution in [2.24, 2.45) is 11.5 Å². The maximum Gasteiger partial charge on any atom is 0.252 e. The van der Waals surface area contributed by atoms with Crippen LogP contribution in [0.25, 0.3) is 11.0 Å². The lowest BCUT2D eigenvalue weighted by Gasteiger charge is -2.27. The maximum absolute atomic E-state index is 12.3. The summed E-state index contributed by atoms with van der Waals surface area (Å²) in [6, 6.07) is 3.25. The van der Waals surface area contributed by atoms with E-state index in [-0.39, 0.29) is 17.7 Å². The number of aromatic nitrogens is 1. The molecular formula is C19H21N3O5S. The summed E-state index contributed by atoms with van der Waals surface area (Å²) in [4.78, 5) is 29.4. The lowest BCUT2D eigenvalue weighted by Crippen LogP contribution is -2.42. The fourth-order valence-electron chi connectivity index (χ4n) is 3.14. The first kappa shape index (κ1) is 19.8. The van der Waals surface area contributed by atoms with Gasteiger partial charge in [-0.2, -0.15) is 0 Å². The van der Waals surface area contributed by atoms with Gasteiger partial charge in [0.2, 0.25) is 5.91 Å². The number of amides is 2. The van der Waals surface area contributed by atoms with Crippen LogP contribution in [0.3, 0.4) is 0 Å². The molecule has 9 heteroatoms. The zero-order valence-electron chi connectivity index (χ0n) is 15.7. The summed E-state index contributed by atoms with van der Waals surface area (Å²) in [7, 11) is 0. The lowest BCUT2D eigenvalue weighted by atomic mass is 9.79. The van der Waals surface area contributed by atoms with Gasteiger partial charge in [0.1, 0.15) is 23.7 Å². The maximum atomic E-state index is 12.3. The fourth-order valence-corrected chi connectivity index (χ4v) is 3.83. The Kier molecular flexibility index (Phi) is 5.14. The summed E-state index contributed by atoms with van der Waals surface area (Å²) in [5.74, 6) is -0.865. The third kappa shape index (κ3) is 3.12. The van der Waals surface area contributed by atoms with Crippen LogP contribution < -0.4 is 16.2 Å². The van der Waals surface area contributed by atoms with Crippen LogP contribution in [0.4, 0.5) is 0 Å². The molecule has 0 aliphatic rings. The van der Waals surface area contributed by atoms with Crippen molar-refractivity contribution in [1.82, 2.24) is 4.98 Å². The van der Waals surface area contributed by atoms with Gasteiger partial charge in [0.05, 0.1) is 33.7 Å². The summed E-state index contributed by atoms with van der Waals surface area (Å²) in [5.41, 5.74) is 12.9. The van der Waals surface area contributed by atoms with Crippen LogP contribution >= 0.6 is 11.3 Å². The van der Waals surface area contributed by atoms with E-state index in [1.54, 1.807) is 24.6 Å². The number of carbonyl (C=O) groups is 2. The second-order valence-corrected chi connectivity index (χ2v) is 7.65. The molecule has 0 bridgehead atoms. The minimum Gasteiger partial charge on any atom is -0.488 e. The van der Waals surface area contributed by atoms with Crippen molar-refractivity contribution in [3.8, 4) is 5.75 Å². The number of furan rings is 1. The molecule has 1 unspecified atom stereocenters. The highest BCUT2D eigenvalue weighted by Gasteiger charge is 2.39. The van der Waals surface area contributed by atoms with Crippen LogP contribution in [0.1, 0.15) is 39.2 Å². The normalized spacial score (nSPS) is 13.4. The second-order valence-electron chi connectivity index (χ2n) is 6.71. The van der Waals surface area contributed by atoms with Crippen molar-refractivity contribution in [3.05, 3.63) is 45.1 Å². The third-order valence-corrected chi connectivity index (χ3v) is 5.76. The van der Waals surface area contributed by atoms with Crippen molar-refractivity contribution in [2.75, 3.05) is 6.61 Å². The van der Waals surface area contributed by atoms with E-state index < -0.39 is 23.8 Å². The first-order valence-electron chi connectivity index (χ1n) is 8.49. The van der Waals surface area contributed by atoms with Crippen molar-refractivity contribution in [3.63, 3.8) is 0 Å². The van der Waals surface area contributed by atoms with Crippen molar-refractivity contribution >= 4 is 34.1 Å². The van der Waals surface area contributed by atoms with E-state index in [0.29, 0.717) is 22.5 Å². The Hall–Kier alpha value is -2.91. The number of nitrogens with zero attached hydrogens (tertiary/aromatic N) is 1. The topological polar surface area (TPSA) is 142 Å². The van der Waals surface area contributed by atoms with Gasteiger partial charge in [-0.25, -0.2) is 4.98 Å². The number of fused-ring (bicyclic) bond motifs is 1. The highest BCUT2D eigenvalue weighted by atomic mass is 32.1. The van der Waals surface area contributed by atoms with Crippen molar-refractivity contribution in [2.45, 2.75) is 32.8 Å². The SMILES string of the molecule is Cc1ncsc1COc1ccc2oc(C)c(C(N)=O)c2c1C(C)(CO)C(N)=O. The van der Waals surface area contributed by atoms with Gasteiger partial charge < -0.3 is 25.7 Å². The quantitative estimate of drug-likeness (QED) is 0.550. The molecule has 8 nitrogen and oxygen atoms in total. The first-order chi connectivity index (χ1) is 13.2. The fraction of sp³-hybridized carbons (Fsp3) is 0.316. The van der Waals surface area contributed by atoms with E-state index >= 15 is 0 Å². The molecule has 2 aromatic heterocycles. The predicted molar refractivity (Wildman–Crippen MR) is 104 cm³/mol. The summed E-state index contributed by atoms with van der Waals surface area (Å²) in [6.45, 7) is 4.58. The van der Waals surface area contributed by atoms with Gasteiger partial charge in [-0.15, -0.1) is 11.3 Å². The molecule has 28 heavy (non-hydrogen) atoms. The van der Waals surface area contributed by atoms with E-state index in [1.165, 1.54) is 18.3 Å². The minimum absolute atomic E-state index is 0.130. The number of carbonyl (C=O) groups excluding carboxylic acids is 2. The highest BCUT2D eigenvalue weighted by molar-refractivity contribution is 7.09. The average molecular weight is 403 g/mol. The van der Waals surface area contributed by atoms with E-state index in [1.807, 2.05) is 6.92 Å². The van der Waals surface area contributed by atoms with Gasteiger partial charge in [-0.3, -0.25) is 9.59 Å². The molecular weight excluding hydrogens is 382 g/mol. The zero-order valence-corrected chi connectivity index (χ0v) is 16.6. The standard InChI is InChI=1S/C19H21N3O5S/c1-9-13(28-8-22-9)6-26-12-5-4-11-15(14(17(20)24)10(2)27-11)16(12)19(3,7-23)18(21)25/h4-5,8,23H,6-7H2,1-3H3,(H2,20,24)(H2,21,25). The zero-order chi connectivity index (χ0) is 20.6. The number of primary amides is 2. The molecule has 1 aromatic carbocycles. The molecule has 0 aliphatic heterocycles. The average Bonchev–Trinajstić information content (AvgIpc) is 3.20.